The summed E-state index contributed by atoms with van der Waals surface area (Å²) in [6, 6.07) is 26.2. The number of pyridine rings is 1. The number of hydrogen-bond acceptors (Lipinski definition) is 8. The molecule has 0 bridgehead atoms. The fourth-order valence-electron chi connectivity index (χ4n) is 4.54. The van der Waals surface area contributed by atoms with E-state index >= 15 is 0 Å². The third-order valence-corrected chi connectivity index (χ3v) is 6.39. The Bertz CT molecular complexity index is 1990. The standard InChI is InChI=1S/C30H19N5O4/c31-15-21-20(14-23(33-29(21)32)26-28(37)19-11-5-7-13-25(19)39-30(26)38)22-16-35(17-8-2-1-3-9-17)34-27(22)18-10-4-6-12-24(18)36/h1-14,16,36-37H,(H2,32,33). The SMILES string of the molecule is N#Cc1c(-c2cn(-c3ccccc3)nc2-c2ccccc2O)cc(-c2c(O)c3ccccc3oc2=O)nc1N. The molecule has 0 fully saturated rings. The van der Waals surface area contributed by atoms with Crippen LogP contribution in [0.3, 0.4) is 0 Å². The summed E-state index contributed by atoms with van der Waals surface area (Å²) in [7, 11) is 0. The maximum absolute atomic E-state index is 13.0. The number of phenolic OH excluding ortho intramolecular Hbond substituents is 1. The monoisotopic (exact) mass is 513 g/mol. The van der Waals surface area contributed by atoms with Crippen molar-refractivity contribution in [3.05, 3.63) is 107 Å². The predicted molar refractivity (Wildman–Crippen MR) is 146 cm³/mol. The molecule has 4 N–H and O–H groups in total. The molecule has 3 aromatic heterocycles. The predicted octanol–water partition coefficient (Wildman–Crippen LogP) is 5.24. The highest BCUT2D eigenvalue weighted by molar-refractivity contribution is 5.93. The Morgan fingerprint density at radius 2 is 1.62 bits per heavy atom. The van der Waals surface area contributed by atoms with Crippen molar-refractivity contribution in [2.24, 2.45) is 0 Å². The molecule has 6 aromatic rings. The van der Waals surface area contributed by atoms with E-state index in [2.05, 4.69) is 11.1 Å². The van der Waals surface area contributed by atoms with E-state index < -0.39 is 5.63 Å². The van der Waals surface area contributed by atoms with Crippen LogP contribution in [0, 0.1) is 11.3 Å². The van der Waals surface area contributed by atoms with Gasteiger partial charge in [-0.1, -0.05) is 42.5 Å². The summed E-state index contributed by atoms with van der Waals surface area (Å²) in [5, 5.41) is 36.8. The molecule has 0 amide bonds. The zero-order valence-corrected chi connectivity index (χ0v) is 20.2. The highest BCUT2D eigenvalue weighted by atomic mass is 16.4. The maximum atomic E-state index is 13.0. The molecule has 9 heteroatoms. The molecule has 0 saturated carbocycles. The van der Waals surface area contributed by atoms with Gasteiger partial charge in [0.1, 0.15) is 45.8 Å². The summed E-state index contributed by atoms with van der Waals surface area (Å²) in [5.41, 5.74) is 7.84. The highest BCUT2D eigenvalue weighted by Crippen LogP contribution is 2.41. The van der Waals surface area contributed by atoms with Crippen molar-refractivity contribution >= 4 is 16.8 Å². The minimum absolute atomic E-state index is 0.00867. The molecule has 0 saturated heterocycles. The number of phenols is 1. The van der Waals surface area contributed by atoms with Gasteiger partial charge in [0.2, 0.25) is 0 Å². The van der Waals surface area contributed by atoms with Crippen molar-refractivity contribution in [1.82, 2.24) is 14.8 Å². The second-order valence-corrected chi connectivity index (χ2v) is 8.73. The molecule has 3 aromatic carbocycles. The van der Waals surface area contributed by atoms with Crippen molar-refractivity contribution in [1.29, 1.82) is 5.26 Å². The van der Waals surface area contributed by atoms with Gasteiger partial charge in [-0.05, 0) is 42.5 Å². The van der Waals surface area contributed by atoms with Crippen LogP contribution in [-0.2, 0) is 0 Å². The number of nitrogens with zero attached hydrogens (tertiary/aromatic N) is 4. The van der Waals surface area contributed by atoms with Gasteiger partial charge in [0.05, 0.1) is 16.8 Å². The Kier molecular flexibility index (Phi) is 5.55. The normalized spacial score (nSPS) is 10.9. The first-order valence-corrected chi connectivity index (χ1v) is 11.9. The van der Waals surface area contributed by atoms with Gasteiger partial charge in [-0.15, -0.1) is 0 Å². The molecule has 39 heavy (non-hydrogen) atoms. The van der Waals surface area contributed by atoms with E-state index in [-0.39, 0.29) is 39.7 Å². The van der Waals surface area contributed by atoms with Crippen LogP contribution in [0.2, 0.25) is 0 Å². The van der Waals surface area contributed by atoms with Crippen LogP contribution in [0.25, 0.3) is 50.3 Å². The summed E-state index contributed by atoms with van der Waals surface area (Å²) in [5.74, 6) is -0.469. The first-order chi connectivity index (χ1) is 19.0. The number of hydrogen-bond donors (Lipinski definition) is 3. The van der Waals surface area contributed by atoms with Gasteiger partial charge in [0, 0.05) is 22.9 Å². The average Bonchev–Trinajstić information content (AvgIpc) is 3.39. The van der Waals surface area contributed by atoms with Gasteiger partial charge in [-0.3, -0.25) is 0 Å². The molecule has 0 unspecified atom stereocenters. The van der Waals surface area contributed by atoms with E-state index in [0.29, 0.717) is 27.8 Å². The third kappa shape index (κ3) is 3.93. The molecule has 0 atom stereocenters. The Morgan fingerprint density at radius 3 is 2.38 bits per heavy atom. The van der Waals surface area contributed by atoms with Gasteiger partial charge in [-0.2, -0.15) is 10.4 Å². The van der Waals surface area contributed by atoms with E-state index in [4.69, 9.17) is 15.2 Å². The lowest BCUT2D eigenvalue weighted by molar-refractivity contribution is 0.471. The number of benzene rings is 3. The number of anilines is 1. The summed E-state index contributed by atoms with van der Waals surface area (Å²) in [6.07, 6.45) is 1.71. The highest BCUT2D eigenvalue weighted by Gasteiger charge is 2.24. The zero-order chi connectivity index (χ0) is 27.1. The van der Waals surface area contributed by atoms with Crippen molar-refractivity contribution in [2.45, 2.75) is 0 Å². The van der Waals surface area contributed by atoms with Gasteiger partial charge >= 0.3 is 5.63 Å². The van der Waals surface area contributed by atoms with Crippen molar-refractivity contribution in [2.75, 3.05) is 5.73 Å². The topological polar surface area (TPSA) is 151 Å². The zero-order valence-electron chi connectivity index (χ0n) is 20.2. The number of rotatable bonds is 4. The molecule has 0 aliphatic heterocycles. The van der Waals surface area contributed by atoms with Crippen LogP contribution in [0.1, 0.15) is 5.56 Å². The van der Waals surface area contributed by atoms with Crippen LogP contribution in [0.5, 0.6) is 11.5 Å². The van der Waals surface area contributed by atoms with E-state index in [1.165, 1.54) is 12.1 Å². The summed E-state index contributed by atoms with van der Waals surface area (Å²) >= 11 is 0. The van der Waals surface area contributed by atoms with Crippen molar-refractivity contribution in [3.8, 4) is 56.9 Å². The number of nitrogens with two attached hydrogens (primary N) is 1. The molecular weight excluding hydrogens is 494 g/mol. The smallest absolute Gasteiger partial charge is 0.349 e. The molecule has 3 heterocycles. The van der Waals surface area contributed by atoms with E-state index in [9.17, 15) is 20.3 Å². The van der Waals surface area contributed by atoms with Crippen LogP contribution in [0.15, 0.2) is 100 Å². The fraction of sp³-hybridized carbons (Fsp3) is 0. The molecular formula is C30H19N5O4. The quantitative estimate of drug-likeness (QED) is 0.271. The molecule has 0 aliphatic rings. The lowest BCUT2D eigenvalue weighted by atomic mass is 9.96. The van der Waals surface area contributed by atoms with Crippen LogP contribution < -0.4 is 11.4 Å². The Hall–Kier alpha value is -5.88. The summed E-state index contributed by atoms with van der Waals surface area (Å²) in [4.78, 5) is 17.2. The van der Waals surface area contributed by atoms with E-state index in [1.54, 1.807) is 53.3 Å². The fourth-order valence-corrected chi connectivity index (χ4v) is 4.54. The van der Waals surface area contributed by atoms with Gasteiger partial charge < -0.3 is 20.4 Å². The lowest BCUT2D eigenvalue weighted by Crippen LogP contribution is -2.07. The molecule has 188 valence electrons. The number of fused-ring (bicyclic) bond motifs is 1. The van der Waals surface area contributed by atoms with Crippen LogP contribution in [0.4, 0.5) is 5.82 Å². The molecule has 6 rings (SSSR count). The number of aromatic hydroxyl groups is 2. The minimum Gasteiger partial charge on any atom is -0.507 e. The molecule has 0 spiro atoms. The molecule has 0 radical (unpaired) electrons. The molecule has 0 aliphatic carbocycles. The summed E-state index contributed by atoms with van der Waals surface area (Å²) < 4.78 is 7.05. The number of para-hydroxylation sites is 3. The van der Waals surface area contributed by atoms with Crippen LogP contribution in [-0.4, -0.2) is 25.0 Å². The van der Waals surface area contributed by atoms with Crippen molar-refractivity contribution in [3.63, 3.8) is 0 Å². The minimum atomic E-state index is -0.810. The van der Waals surface area contributed by atoms with Crippen LogP contribution >= 0.6 is 0 Å². The van der Waals surface area contributed by atoms with Gasteiger partial charge in [0.15, 0.2) is 0 Å². The second kappa shape index (κ2) is 9.21. The Labute approximate surface area is 221 Å². The first-order valence-electron chi connectivity index (χ1n) is 11.9. The summed E-state index contributed by atoms with van der Waals surface area (Å²) in [6.45, 7) is 0. The largest absolute Gasteiger partial charge is 0.507 e. The average molecular weight is 514 g/mol. The number of aromatic nitrogens is 3. The third-order valence-electron chi connectivity index (χ3n) is 6.39. The van der Waals surface area contributed by atoms with Gasteiger partial charge in [0.25, 0.3) is 0 Å². The Balaban J connectivity index is 1.66. The Morgan fingerprint density at radius 1 is 0.897 bits per heavy atom. The molecule has 9 nitrogen and oxygen atoms in total. The number of nitrogen functional groups attached to an aromatic ring is 1. The van der Waals surface area contributed by atoms with E-state index in [1.807, 2.05) is 30.3 Å². The van der Waals surface area contributed by atoms with Crippen molar-refractivity contribution < 1.29 is 14.6 Å². The van der Waals surface area contributed by atoms with Gasteiger partial charge in [-0.25, -0.2) is 14.5 Å². The lowest BCUT2D eigenvalue weighted by Gasteiger charge is -2.11. The van der Waals surface area contributed by atoms with E-state index in [0.717, 1.165) is 5.69 Å². The maximum Gasteiger partial charge on any atom is 0.349 e. The second-order valence-electron chi connectivity index (χ2n) is 8.73. The first kappa shape index (κ1) is 23.5. The number of nitriles is 1.